The maximum absolute atomic E-state index is 5.65. The number of rotatable bonds is 5. The Balaban J connectivity index is 1.73. The fourth-order valence-corrected chi connectivity index (χ4v) is 2.33. The number of aromatic nitrogens is 2. The van der Waals surface area contributed by atoms with Gasteiger partial charge in [0.25, 0.3) is 0 Å². The lowest BCUT2D eigenvalue weighted by Gasteiger charge is -2.23. The molecule has 1 aliphatic rings. The van der Waals surface area contributed by atoms with Crippen molar-refractivity contribution in [3.8, 4) is 5.88 Å². The Morgan fingerprint density at radius 2 is 2.47 bits per heavy atom. The maximum Gasteiger partial charge on any atom is 0.217 e. The number of ether oxygens (including phenoxy) is 1. The van der Waals surface area contributed by atoms with Crippen LogP contribution in [0.1, 0.15) is 25.7 Å². The predicted molar refractivity (Wildman–Crippen MR) is 69.6 cm³/mol. The van der Waals surface area contributed by atoms with Gasteiger partial charge in [-0.25, -0.2) is 4.98 Å². The molecule has 5 heteroatoms. The van der Waals surface area contributed by atoms with Crippen molar-refractivity contribution in [2.75, 3.05) is 19.4 Å². The van der Waals surface area contributed by atoms with Crippen LogP contribution in [0.2, 0.25) is 0 Å². The third kappa shape index (κ3) is 4.16. The zero-order valence-corrected chi connectivity index (χ0v) is 11.0. The summed E-state index contributed by atoms with van der Waals surface area (Å²) in [4.78, 5) is 8.40. The normalized spacial score (nSPS) is 20.2. The second-order valence-electron chi connectivity index (χ2n) is 4.17. The molecule has 1 fully saturated rings. The van der Waals surface area contributed by atoms with Crippen LogP contribution in [-0.2, 0) is 0 Å². The molecule has 94 valence electrons. The molecule has 1 unspecified atom stereocenters. The number of hydrogen-bond acceptors (Lipinski definition) is 5. The van der Waals surface area contributed by atoms with Gasteiger partial charge >= 0.3 is 0 Å². The van der Waals surface area contributed by atoms with Crippen molar-refractivity contribution in [1.82, 2.24) is 15.3 Å². The number of hydrogen-bond donors (Lipinski definition) is 1. The molecule has 0 saturated carbocycles. The Bertz CT molecular complexity index is 342. The molecule has 1 saturated heterocycles. The van der Waals surface area contributed by atoms with Gasteiger partial charge in [0.2, 0.25) is 5.88 Å². The summed E-state index contributed by atoms with van der Waals surface area (Å²) in [5, 5.41) is 4.27. The third-order valence-corrected chi connectivity index (χ3v) is 3.48. The number of nitrogens with zero attached hydrogens (tertiary/aromatic N) is 2. The largest absolute Gasteiger partial charge is 0.478 e. The van der Waals surface area contributed by atoms with Gasteiger partial charge in [0.1, 0.15) is 0 Å². The Morgan fingerprint density at radius 3 is 3.24 bits per heavy atom. The summed E-state index contributed by atoms with van der Waals surface area (Å²) in [5.74, 6) is 0.681. The minimum atomic E-state index is 0.616. The SMILES string of the molecule is CSc1nccc(OCCC2CCCCN2)n1. The lowest BCUT2D eigenvalue weighted by molar-refractivity contribution is 0.258. The Labute approximate surface area is 107 Å². The summed E-state index contributed by atoms with van der Waals surface area (Å²) in [5.41, 5.74) is 0. The quantitative estimate of drug-likeness (QED) is 0.643. The van der Waals surface area contributed by atoms with Crippen LogP contribution in [0.3, 0.4) is 0 Å². The summed E-state index contributed by atoms with van der Waals surface area (Å²) in [6.45, 7) is 1.87. The van der Waals surface area contributed by atoms with Gasteiger partial charge in [0.15, 0.2) is 5.16 Å². The average molecular weight is 253 g/mol. The highest BCUT2D eigenvalue weighted by atomic mass is 32.2. The highest BCUT2D eigenvalue weighted by Crippen LogP contribution is 2.14. The summed E-state index contributed by atoms with van der Waals surface area (Å²) in [6, 6.07) is 2.43. The van der Waals surface area contributed by atoms with Gasteiger partial charge in [-0.15, -0.1) is 0 Å². The van der Waals surface area contributed by atoms with Crippen LogP contribution in [-0.4, -0.2) is 35.4 Å². The lowest BCUT2D eigenvalue weighted by Crippen LogP contribution is -2.35. The summed E-state index contributed by atoms with van der Waals surface area (Å²) in [7, 11) is 0. The molecular formula is C12H19N3OS. The first-order valence-corrected chi connectivity index (χ1v) is 7.34. The highest BCUT2D eigenvalue weighted by Gasteiger charge is 2.12. The lowest BCUT2D eigenvalue weighted by atomic mass is 10.0. The molecular weight excluding hydrogens is 234 g/mol. The summed E-state index contributed by atoms with van der Waals surface area (Å²) in [6.07, 6.45) is 8.67. The van der Waals surface area contributed by atoms with Crippen LogP contribution >= 0.6 is 11.8 Å². The van der Waals surface area contributed by atoms with Crippen molar-refractivity contribution in [1.29, 1.82) is 0 Å². The van der Waals surface area contributed by atoms with Crippen LogP contribution in [0, 0.1) is 0 Å². The second kappa shape index (κ2) is 6.81. The second-order valence-corrected chi connectivity index (χ2v) is 4.94. The molecule has 0 aromatic carbocycles. The Hall–Kier alpha value is -0.810. The zero-order valence-electron chi connectivity index (χ0n) is 10.2. The van der Waals surface area contributed by atoms with Crippen LogP contribution in [0.4, 0.5) is 0 Å². The van der Waals surface area contributed by atoms with Crippen LogP contribution in [0.25, 0.3) is 0 Å². The first-order valence-electron chi connectivity index (χ1n) is 6.11. The Morgan fingerprint density at radius 1 is 1.53 bits per heavy atom. The van der Waals surface area contributed by atoms with Crippen LogP contribution in [0.15, 0.2) is 17.4 Å². The van der Waals surface area contributed by atoms with Gasteiger partial charge < -0.3 is 10.1 Å². The Kier molecular flexibility index (Phi) is 5.07. The van der Waals surface area contributed by atoms with Gasteiger partial charge in [0, 0.05) is 18.3 Å². The molecule has 0 amide bonds. The molecule has 4 nitrogen and oxygen atoms in total. The monoisotopic (exact) mass is 253 g/mol. The van der Waals surface area contributed by atoms with Crippen molar-refractivity contribution in [2.24, 2.45) is 0 Å². The topological polar surface area (TPSA) is 47.0 Å². The molecule has 1 N–H and O–H groups in total. The molecule has 17 heavy (non-hydrogen) atoms. The number of piperidine rings is 1. The summed E-state index contributed by atoms with van der Waals surface area (Å²) >= 11 is 1.53. The van der Waals surface area contributed by atoms with E-state index in [-0.39, 0.29) is 0 Å². The van der Waals surface area contributed by atoms with Crippen molar-refractivity contribution < 1.29 is 4.74 Å². The van der Waals surface area contributed by atoms with E-state index in [4.69, 9.17) is 4.74 Å². The van der Waals surface area contributed by atoms with Gasteiger partial charge in [-0.1, -0.05) is 18.2 Å². The van der Waals surface area contributed by atoms with E-state index < -0.39 is 0 Å². The molecule has 1 aromatic rings. The first-order chi connectivity index (χ1) is 8.38. The fraction of sp³-hybridized carbons (Fsp3) is 0.667. The van der Waals surface area contributed by atoms with Crippen molar-refractivity contribution in [2.45, 2.75) is 36.9 Å². The van der Waals surface area contributed by atoms with E-state index >= 15 is 0 Å². The fourth-order valence-electron chi connectivity index (χ4n) is 1.98. The number of nitrogens with one attached hydrogen (secondary N) is 1. The van der Waals surface area contributed by atoms with E-state index in [1.165, 1.54) is 31.0 Å². The minimum absolute atomic E-state index is 0.616. The molecule has 0 spiro atoms. The molecule has 1 aromatic heterocycles. The van der Waals surface area contributed by atoms with E-state index in [2.05, 4.69) is 15.3 Å². The van der Waals surface area contributed by atoms with Gasteiger partial charge in [0.05, 0.1) is 6.61 Å². The molecule has 0 bridgehead atoms. The van der Waals surface area contributed by atoms with E-state index in [1.54, 1.807) is 6.20 Å². The maximum atomic E-state index is 5.65. The van der Waals surface area contributed by atoms with E-state index in [0.29, 0.717) is 11.9 Å². The smallest absolute Gasteiger partial charge is 0.217 e. The van der Waals surface area contributed by atoms with Crippen molar-refractivity contribution in [3.63, 3.8) is 0 Å². The van der Waals surface area contributed by atoms with Gasteiger partial charge in [-0.05, 0) is 32.1 Å². The molecule has 1 atom stereocenters. The van der Waals surface area contributed by atoms with Gasteiger partial charge in [-0.2, -0.15) is 4.98 Å². The molecule has 1 aliphatic heterocycles. The third-order valence-electron chi connectivity index (χ3n) is 2.92. The molecule has 0 radical (unpaired) electrons. The van der Waals surface area contributed by atoms with Crippen molar-refractivity contribution >= 4 is 11.8 Å². The van der Waals surface area contributed by atoms with Crippen LogP contribution in [0.5, 0.6) is 5.88 Å². The number of thioether (sulfide) groups is 1. The predicted octanol–water partition coefficient (Wildman–Crippen LogP) is 2.11. The minimum Gasteiger partial charge on any atom is -0.478 e. The van der Waals surface area contributed by atoms with Crippen LogP contribution < -0.4 is 10.1 Å². The summed E-state index contributed by atoms with van der Waals surface area (Å²) < 4.78 is 5.65. The molecule has 0 aliphatic carbocycles. The standard InChI is InChI=1S/C12H19N3OS/c1-17-12-14-8-5-11(15-12)16-9-6-10-4-2-3-7-13-10/h5,8,10,13H,2-4,6-7,9H2,1H3. The highest BCUT2D eigenvalue weighted by molar-refractivity contribution is 7.98. The molecule has 2 rings (SSSR count). The van der Waals surface area contributed by atoms with Gasteiger partial charge in [-0.3, -0.25) is 0 Å². The van der Waals surface area contributed by atoms with Crippen molar-refractivity contribution in [3.05, 3.63) is 12.3 Å². The molecule has 2 heterocycles. The zero-order chi connectivity index (χ0) is 11.9. The van der Waals surface area contributed by atoms with E-state index in [0.717, 1.165) is 24.7 Å². The first kappa shape index (κ1) is 12.6. The average Bonchev–Trinajstić information content (AvgIpc) is 2.40. The van der Waals surface area contributed by atoms with E-state index in [9.17, 15) is 0 Å². The van der Waals surface area contributed by atoms with E-state index in [1.807, 2.05) is 12.3 Å².